The molecule has 0 aromatic heterocycles. The fourth-order valence-corrected chi connectivity index (χ4v) is 2.22. The molecule has 0 radical (unpaired) electrons. The third-order valence-electron chi connectivity index (χ3n) is 2.38. The van der Waals surface area contributed by atoms with Gasteiger partial charge in [-0.05, 0) is 23.4 Å². The van der Waals surface area contributed by atoms with E-state index in [1.165, 1.54) is 0 Å². The monoisotopic (exact) mass is 256 g/mol. The van der Waals surface area contributed by atoms with Gasteiger partial charge in [-0.1, -0.05) is 13.8 Å². The second-order valence-electron chi connectivity index (χ2n) is 4.01. The first-order valence-electron chi connectivity index (χ1n) is 5.60. The average Bonchev–Trinajstić information content (AvgIpc) is 2.34. The summed E-state index contributed by atoms with van der Waals surface area (Å²) in [5.41, 5.74) is 0.778. The number of hydrogen-bond acceptors (Lipinski definition) is 4. The molecule has 3 nitrogen and oxygen atoms in total. The first-order valence-corrected chi connectivity index (χ1v) is 6.65. The van der Waals surface area contributed by atoms with E-state index < -0.39 is 6.10 Å². The van der Waals surface area contributed by atoms with Gasteiger partial charge in [-0.25, -0.2) is 0 Å². The number of ether oxygens (including phenoxy) is 2. The van der Waals surface area contributed by atoms with Gasteiger partial charge in [-0.15, -0.1) is 0 Å². The zero-order valence-electron chi connectivity index (χ0n) is 10.8. The minimum atomic E-state index is -0.535. The maximum absolute atomic E-state index is 10.1. The largest absolute Gasteiger partial charge is 0.497 e. The molecule has 1 aromatic rings. The molecular formula is C13H20O3S. The maximum atomic E-state index is 10.1. The van der Waals surface area contributed by atoms with Crippen LogP contribution in [0.1, 0.15) is 25.5 Å². The van der Waals surface area contributed by atoms with Crippen LogP contribution in [-0.4, -0.2) is 30.3 Å². The molecule has 0 aliphatic rings. The van der Waals surface area contributed by atoms with Crippen LogP contribution in [0.25, 0.3) is 0 Å². The lowest BCUT2D eigenvalue weighted by molar-refractivity contribution is 0.198. The lowest BCUT2D eigenvalue weighted by Crippen LogP contribution is -2.05. The summed E-state index contributed by atoms with van der Waals surface area (Å²) >= 11 is 1.72. The molecule has 17 heavy (non-hydrogen) atoms. The molecule has 1 rings (SSSR count). The molecule has 0 bridgehead atoms. The maximum Gasteiger partial charge on any atom is 0.124 e. The van der Waals surface area contributed by atoms with E-state index in [2.05, 4.69) is 13.8 Å². The van der Waals surface area contributed by atoms with Crippen molar-refractivity contribution in [1.82, 2.24) is 0 Å². The van der Waals surface area contributed by atoms with Crippen LogP contribution in [-0.2, 0) is 0 Å². The molecular weight excluding hydrogens is 236 g/mol. The topological polar surface area (TPSA) is 38.7 Å². The molecule has 0 fully saturated rings. The number of rotatable bonds is 6. The van der Waals surface area contributed by atoms with Crippen molar-refractivity contribution in [2.75, 3.05) is 20.0 Å². The molecule has 0 aliphatic carbocycles. The molecule has 1 unspecified atom stereocenters. The Hall–Kier alpha value is -0.870. The molecule has 1 atom stereocenters. The normalized spacial score (nSPS) is 12.6. The SMILES string of the molecule is COc1ccc(OC)c(C(O)CSC(C)C)c1. The number of methoxy groups -OCH3 is 2. The van der Waals surface area contributed by atoms with Gasteiger partial charge in [-0.3, -0.25) is 0 Å². The Morgan fingerprint density at radius 3 is 2.47 bits per heavy atom. The van der Waals surface area contributed by atoms with Crippen molar-refractivity contribution >= 4 is 11.8 Å². The van der Waals surface area contributed by atoms with Crippen LogP contribution >= 0.6 is 11.8 Å². The molecule has 0 aliphatic heterocycles. The van der Waals surface area contributed by atoms with Gasteiger partial charge in [0.15, 0.2) is 0 Å². The number of aliphatic hydroxyl groups is 1. The summed E-state index contributed by atoms with van der Waals surface area (Å²) in [4.78, 5) is 0. The highest BCUT2D eigenvalue weighted by molar-refractivity contribution is 7.99. The van der Waals surface area contributed by atoms with Crippen LogP contribution in [0.4, 0.5) is 0 Å². The van der Waals surface area contributed by atoms with Crippen molar-refractivity contribution in [3.05, 3.63) is 23.8 Å². The van der Waals surface area contributed by atoms with Crippen molar-refractivity contribution < 1.29 is 14.6 Å². The molecule has 96 valence electrons. The number of aliphatic hydroxyl groups excluding tert-OH is 1. The van der Waals surface area contributed by atoms with Crippen LogP contribution in [0.3, 0.4) is 0 Å². The fourth-order valence-electron chi connectivity index (χ4n) is 1.47. The predicted molar refractivity (Wildman–Crippen MR) is 72.1 cm³/mol. The summed E-state index contributed by atoms with van der Waals surface area (Å²) in [6.45, 7) is 4.22. The predicted octanol–water partition coefficient (Wildman–Crippen LogP) is 2.88. The number of thioether (sulfide) groups is 1. The van der Waals surface area contributed by atoms with Crippen LogP contribution in [0.2, 0.25) is 0 Å². The number of benzene rings is 1. The third kappa shape index (κ3) is 4.13. The summed E-state index contributed by atoms with van der Waals surface area (Å²) in [6.07, 6.45) is -0.535. The van der Waals surface area contributed by atoms with E-state index in [1.54, 1.807) is 26.0 Å². The second kappa shape index (κ2) is 6.77. The molecule has 1 N–H and O–H groups in total. The van der Waals surface area contributed by atoms with Crippen LogP contribution in [0, 0.1) is 0 Å². The zero-order valence-corrected chi connectivity index (χ0v) is 11.6. The average molecular weight is 256 g/mol. The van der Waals surface area contributed by atoms with Crippen molar-refractivity contribution in [2.45, 2.75) is 25.2 Å². The smallest absolute Gasteiger partial charge is 0.124 e. The summed E-state index contributed by atoms with van der Waals surface area (Å²) in [6, 6.07) is 5.46. The Bertz CT molecular complexity index is 353. The third-order valence-corrected chi connectivity index (χ3v) is 3.56. The van der Waals surface area contributed by atoms with Gasteiger partial charge < -0.3 is 14.6 Å². The highest BCUT2D eigenvalue weighted by Crippen LogP contribution is 2.31. The minimum Gasteiger partial charge on any atom is -0.497 e. The van der Waals surface area contributed by atoms with Gasteiger partial charge in [0, 0.05) is 11.3 Å². The Balaban J connectivity index is 2.85. The highest BCUT2D eigenvalue weighted by atomic mass is 32.2. The van der Waals surface area contributed by atoms with E-state index >= 15 is 0 Å². The Labute approximate surface area is 107 Å². The molecule has 0 saturated heterocycles. The van der Waals surface area contributed by atoms with E-state index in [9.17, 15) is 5.11 Å². The molecule has 1 aromatic carbocycles. The molecule has 4 heteroatoms. The molecule has 0 heterocycles. The van der Waals surface area contributed by atoms with Crippen molar-refractivity contribution in [2.24, 2.45) is 0 Å². The Morgan fingerprint density at radius 2 is 1.94 bits per heavy atom. The van der Waals surface area contributed by atoms with E-state index in [4.69, 9.17) is 9.47 Å². The van der Waals surface area contributed by atoms with Crippen molar-refractivity contribution in [3.8, 4) is 11.5 Å². The Morgan fingerprint density at radius 1 is 1.24 bits per heavy atom. The minimum absolute atomic E-state index is 0.501. The van der Waals surface area contributed by atoms with Gasteiger partial charge in [-0.2, -0.15) is 11.8 Å². The van der Waals surface area contributed by atoms with E-state index in [-0.39, 0.29) is 0 Å². The van der Waals surface area contributed by atoms with Gasteiger partial charge >= 0.3 is 0 Å². The Kier molecular flexibility index (Phi) is 5.65. The van der Waals surface area contributed by atoms with Crippen molar-refractivity contribution in [1.29, 1.82) is 0 Å². The summed E-state index contributed by atoms with van der Waals surface area (Å²) in [5, 5.41) is 10.6. The van der Waals surface area contributed by atoms with Crippen molar-refractivity contribution in [3.63, 3.8) is 0 Å². The van der Waals surface area contributed by atoms with E-state index in [1.807, 2.05) is 18.2 Å². The van der Waals surface area contributed by atoms with E-state index in [0.29, 0.717) is 16.8 Å². The second-order valence-corrected chi connectivity index (χ2v) is 5.62. The standard InChI is InChI=1S/C13H20O3S/c1-9(2)17-8-12(14)11-7-10(15-3)5-6-13(11)16-4/h5-7,9,12,14H,8H2,1-4H3. The fraction of sp³-hybridized carbons (Fsp3) is 0.538. The summed E-state index contributed by atoms with van der Waals surface area (Å²) in [5.74, 6) is 2.08. The molecule has 0 amide bonds. The lowest BCUT2D eigenvalue weighted by Gasteiger charge is -2.16. The molecule has 0 saturated carbocycles. The van der Waals surface area contributed by atoms with Gasteiger partial charge in [0.2, 0.25) is 0 Å². The number of hydrogen-bond donors (Lipinski definition) is 1. The highest BCUT2D eigenvalue weighted by Gasteiger charge is 2.15. The van der Waals surface area contributed by atoms with Crippen LogP contribution < -0.4 is 9.47 Å². The quantitative estimate of drug-likeness (QED) is 0.849. The van der Waals surface area contributed by atoms with Crippen LogP contribution in [0.5, 0.6) is 11.5 Å². The lowest BCUT2D eigenvalue weighted by atomic mass is 10.1. The zero-order chi connectivity index (χ0) is 12.8. The summed E-state index contributed by atoms with van der Waals surface area (Å²) < 4.78 is 10.4. The van der Waals surface area contributed by atoms with Gasteiger partial charge in [0.25, 0.3) is 0 Å². The first kappa shape index (κ1) is 14.2. The molecule has 0 spiro atoms. The van der Waals surface area contributed by atoms with Crippen LogP contribution in [0.15, 0.2) is 18.2 Å². The summed E-state index contributed by atoms with van der Waals surface area (Å²) in [7, 11) is 3.22. The van der Waals surface area contributed by atoms with E-state index in [0.717, 1.165) is 11.3 Å². The van der Waals surface area contributed by atoms with Gasteiger partial charge in [0.05, 0.1) is 20.3 Å². The first-order chi connectivity index (χ1) is 8.08. The van der Waals surface area contributed by atoms with Gasteiger partial charge in [0.1, 0.15) is 11.5 Å².